The van der Waals surface area contributed by atoms with Crippen molar-refractivity contribution < 1.29 is 8.42 Å². The standard InChI is InChI=1S/C14H12N2O2S3/c17-21(18,12-3-1-6-15-9-12)16-14(11-5-8-19-10-11)13-4-2-7-20-13/h1-10,14,16H/t14-/m0/s1. The molecule has 3 rings (SSSR count). The quantitative estimate of drug-likeness (QED) is 0.778. The number of rotatable bonds is 5. The van der Waals surface area contributed by atoms with Crippen LogP contribution in [0.2, 0.25) is 0 Å². The zero-order valence-electron chi connectivity index (χ0n) is 10.8. The van der Waals surface area contributed by atoms with Crippen molar-refractivity contribution in [1.29, 1.82) is 0 Å². The molecule has 3 aromatic rings. The lowest BCUT2D eigenvalue weighted by Gasteiger charge is -2.16. The van der Waals surface area contributed by atoms with Crippen molar-refractivity contribution in [2.45, 2.75) is 10.9 Å². The molecule has 0 aromatic carbocycles. The molecule has 0 amide bonds. The number of sulfonamides is 1. The third kappa shape index (κ3) is 3.21. The van der Waals surface area contributed by atoms with Crippen LogP contribution < -0.4 is 4.72 Å². The van der Waals surface area contributed by atoms with Crippen molar-refractivity contribution in [2.24, 2.45) is 0 Å². The van der Waals surface area contributed by atoms with Crippen LogP contribution in [0.1, 0.15) is 16.5 Å². The van der Waals surface area contributed by atoms with Crippen molar-refractivity contribution in [3.8, 4) is 0 Å². The molecule has 0 spiro atoms. The van der Waals surface area contributed by atoms with E-state index in [1.807, 2.05) is 34.3 Å². The summed E-state index contributed by atoms with van der Waals surface area (Å²) in [6, 6.07) is 8.55. The molecule has 0 bridgehead atoms. The molecule has 0 aliphatic rings. The fourth-order valence-electron chi connectivity index (χ4n) is 1.91. The minimum atomic E-state index is -3.61. The van der Waals surface area contributed by atoms with E-state index in [0.717, 1.165) is 10.4 Å². The molecule has 3 aromatic heterocycles. The monoisotopic (exact) mass is 336 g/mol. The summed E-state index contributed by atoms with van der Waals surface area (Å²) in [6.07, 6.45) is 2.90. The number of nitrogens with one attached hydrogen (secondary N) is 1. The van der Waals surface area contributed by atoms with Gasteiger partial charge in [0.05, 0.1) is 6.04 Å². The van der Waals surface area contributed by atoms with Crippen LogP contribution in [0.4, 0.5) is 0 Å². The van der Waals surface area contributed by atoms with Crippen molar-refractivity contribution in [1.82, 2.24) is 9.71 Å². The Balaban J connectivity index is 1.96. The highest BCUT2D eigenvalue weighted by atomic mass is 32.2. The fourth-order valence-corrected chi connectivity index (χ4v) is 4.64. The SMILES string of the molecule is O=S(=O)(N[C@@H](c1ccsc1)c1cccs1)c1cccnc1. The zero-order chi connectivity index (χ0) is 14.7. The fraction of sp³-hybridized carbons (Fsp3) is 0.0714. The highest BCUT2D eigenvalue weighted by Gasteiger charge is 2.23. The Kier molecular flexibility index (Phi) is 4.16. The van der Waals surface area contributed by atoms with Gasteiger partial charge in [-0.1, -0.05) is 6.07 Å². The van der Waals surface area contributed by atoms with Gasteiger partial charge in [-0.05, 0) is 46.0 Å². The van der Waals surface area contributed by atoms with Gasteiger partial charge in [0, 0.05) is 17.3 Å². The lowest BCUT2D eigenvalue weighted by atomic mass is 10.1. The van der Waals surface area contributed by atoms with Gasteiger partial charge in [-0.2, -0.15) is 16.1 Å². The second kappa shape index (κ2) is 6.07. The highest BCUT2D eigenvalue weighted by Crippen LogP contribution is 2.29. The minimum Gasteiger partial charge on any atom is -0.263 e. The Bertz CT molecular complexity index is 748. The summed E-state index contributed by atoms with van der Waals surface area (Å²) in [6.45, 7) is 0. The first-order chi connectivity index (χ1) is 10.2. The average molecular weight is 336 g/mol. The lowest BCUT2D eigenvalue weighted by Crippen LogP contribution is -2.28. The van der Waals surface area contributed by atoms with E-state index in [-0.39, 0.29) is 10.9 Å². The van der Waals surface area contributed by atoms with E-state index >= 15 is 0 Å². The maximum Gasteiger partial charge on any atom is 0.242 e. The topological polar surface area (TPSA) is 59.1 Å². The van der Waals surface area contributed by atoms with Crippen molar-refractivity contribution >= 4 is 32.7 Å². The molecule has 3 heterocycles. The molecule has 0 saturated carbocycles. The first kappa shape index (κ1) is 14.4. The van der Waals surface area contributed by atoms with Crippen LogP contribution in [-0.4, -0.2) is 13.4 Å². The van der Waals surface area contributed by atoms with Gasteiger partial charge >= 0.3 is 0 Å². The second-order valence-corrected chi connectivity index (χ2v) is 7.79. The van der Waals surface area contributed by atoms with Gasteiger partial charge in [0.25, 0.3) is 0 Å². The van der Waals surface area contributed by atoms with Gasteiger partial charge in [-0.25, -0.2) is 8.42 Å². The van der Waals surface area contributed by atoms with E-state index in [1.54, 1.807) is 23.6 Å². The van der Waals surface area contributed by atoms with Crippen LogP contribution in [0.3, 0.4) is 0 Å². The highest BCUT2D eigenvalue weighted by molar-refractivity contribution is 7.89. The Hall–Kier alpha value is -1.54. The van der Waals surface area contributed by atoms with Crippen LogP contribution in [0.5, 0.6) is 0 Å². The molecule has 1 N–H and O–H groups in total. The summed E-state index contributed by atoms with van der Waals surface area (Å²) < 4.78 is 27.7. The largest absolute Gasteiger partial charge is 0.263 e. The van der Waals surface area contributed by atoms with Crippen molar-refractivity contribution in [2.75, 3.05) is 0 Å². The maximum atomic E-state index is 12.5. The van der Waals surface area contributed by atoms with Crippen molar-refractivity contribution in [3.63, 3.8) is 0 Å². The minimum absolute atomic E-state index is 0.168. The normalized spacial score (nSPS) is 13.1. The molecule has 0 saturated heterocycles. The number of nitrogens with zero attached hydrogens (tertiary/aromatic N) is 1. The third-order valence-corrected chi connectivity index (χ3v) is 5.97. The molecule has 0 unspecified atom stereocenters. The average Bonchev–Trinajstić information content (AvgIpc) is 3.19. The van der Waals surface area contributed by atoms with Gasteiger partial charge < -0.3 is 0 Å². The number of aromatic nitrogens is 1. The van der Waals surface area contributed by atoms with Gasteiger partial charge in [0.15, 0.2) is 0 Å². The number of hydrogen-bond acceptors (Lipinski definition) is 5. The zero-order valence-corrected chi connectivity index (χ0v) is 13.3. The van der Waals surface area contributed by atoms with E-state index in [4.69, 9.17) is 0 Å². The summed E-state index contributed by atoms with van der Waals surface area (Å²) >= 11 is 3.07. The lowest BCUT2D eigenvalue weighted by molar-refractivity contribution is 0.573. The van der Waals surface area contributed by atoms with E-state index in [1.165, 1.54) is 23.6 Å². The van der Waals surface area contributed by atoms with Crippen LogP contribution in [0.15, 0.2) is 63.8 Å². The maximum absolute atomic E-state index is 12.5. The molecule has 0 aliphatic carbocycles. The molecule has 0 fully saturated rings. The summed E-state index contributed by atoms with van der Waals surface area (Å²) in [4.78, 5) is 5.00. The number of hydrogen-bond donors (Lipinski definition) is 1. The predicted molar refractivity (Wildman–Crippen MR) is 85.0 cm³/mol. The molecule has 4 nitrogen and oxygen atoms in total. The van der Waals surface area contributed by atoms with E-state index in [2.05, 4.69) is 9.71 Å². The molecule has 7 heteroatoms. The smallest absolute Gasteiger partial charge is 0.242 e. The molecular weight excluding hydrogens is 324 g/mol. The van der Waals surface area contributed by atoms with Crippen LogP contribution in [0.25, 0.3) is 0 Å². The molecule has 1 atom stereocenters. The van der Waals surface area contributed by atoms with E-state index in [0.29, 0.717) is 0 Å². The van der Waals surface area contributed by atoms with E-state index < -0.39 is 10.0 Å². The first-order valence-corrected chi connectivity index (χ1v) is 9.45. The Morgan fingerprint density at radius 1 is 1.14 bits per heavy atom. The van der Waals surface area contributed by atoms with Gasteiger partial charge in [-0.15, -0.1) is 11.3 Å². The predicted octanol–water partition coefficient (Wildman–Crippen LogP) is 3.27. The summed E-state index contributed by atoms with van der Waals surface area (Å²) in [7, 11) is -3.61. The molecule has 21 heavy (non-hydrogen) atoms. The van der Waals surface area contributed by atoms with Crippen molar-refractivity contribution in [3.05, 3.63) is 69.3 Å². The first-order valence-electron chi connectivity index (χ1n) is 6.15. The molecule has 0 aliphatic heterocycles. The van der Waals surface area contributed by atoms with Gasteiger partial charge in [-0.3, -0.25) is 4.98 Å². The third-order valence-electron chi connectivity index (χ3n) is 2.92. The van der Waals surface area contributed by atoms with Crippen LogP contribution in [-0.2, 0) is 10.0 Å². The van der Waals surface area contributed by atoms with Crippen LogP contribution in [0, 0.1) is 0 Å². The Labute approximate surface area is 131 Å². The summed E-state index contributed by atoms with van der Waals surface area (Å²) in [5.74, 6) is 0. The van der Waals surface area contributed by atoms with Gasteiger partial charge in [0.2, 0.25) is 10.0 Å². The summed E-state index contributed by atoms with van der Waals surface area (Å²) in [5.41, 5.74) is 0.940. The van der Waals surface area contributed by atoms with E-state index in [9.17, 15) is 8.42 Å². The molecule has 108 valence electrons. The Morgan fingerprint density at radius 3 is 2.67 bits per heavy atom. The molecular formula is C14H12N2O2S3. The summed E-state index contributed by atoms with van der Waals surface area (Å²) in [5, 5.41) is 5.83. The number of pyridine rings is 1. The Morgan fingerprint density at radius 2 is 2.05 bits per heavy atom. The molecule has 0 radical (unpaired) electrons. The second-order valence-electron chi connectivity index (χ2n) is 4.32. The van der Waals surface area contributed by atoms with Crippen LogP contribution >= 0.6 is 22.7 Å². The number of thiophene rings is 2. The van der Waals surface area contributed by atoms with Gasteiger partial charge in [0.1, 0.15) is 4.90 Å².